The van der Waals surface area contributed by atoms with Gasteiger partial charge in [0.25, 0.3) is 0 Å². The van der Waals surface area contributed by atoms with Crippen molar-refractivity contribution in [1.29, 1.82) is 0 Å². The number of aromatic amines is 3. The standard InChI is InChI=1S/C68H102N4O3.C4H5N/c1-4-7-10-13-16-19-22-25-28-31-34-37-46-73-66-49-56(64-54-63-53-61-43-42-59(70-61)51-57-40-41-58(69-57)52-60-44-45-62(71-60)55-65(64)72-63)50-67(74-47-38-35-32-29-26-23-20-17-14-11-8-5-2)68(66)75-48-39-36-33-30-27-24-21-18-15-12-9-6-3;1-2-4-5-3-1/h40-45,49-55,69-70H,4-39,46-48H2,1-3H3;1-5H. The quantitative estimate of drug-likeness (QED) is 0.0331. The van der Waals surface area contributed by atoms with Gasteiger partial charge in [0.2, 0.25) is 5.75 Å². The Morgan fingerprint density at radius 2 is 0.700 bits per heavy atom. The SMILES string of the molecule is CCCCCCCCCCCCCCOc1cc(C2=Cc3cc4ccc(cc5ccc(cc6nc(cc2n3)C=C6)[nH]5)[nH]4)cc(OCCCCCCCCCCCCCC)c1OCCCCCCCCCCCCCC.c1cc[nH]c1. The number of nitrogens with one attached hydrogen (secondary N) is 3. The van der Waals surface area contributed by atoms with Gasteiger partial charge >= 0.3 is 0 Å². The topological polar surface area (TPSA) is 101 Å². The fraction of sp³-hybridized carbons (Fsp3) is 0.583. The van der Waals surface area contributed by atoms with Gasteiger partial charge in [0.1, 0.15) is 0 Å². The summed E-state index contributed by atoms with van der Waals surface area (Å²) in [6, 6.07) is 25.2. The van der Waals surface area contributed by atoms with Crippen LogP contribution in [0.5, 0.6) is 17.2 Å². The number of rotatable bonds is 43. The van der Waals surface area contributed by atoms with Crippen molar-refractivity contribution in [3.8, 4) is 17.2 Å². The van der Waals surface area contributed by atoms with Gasteiger partial charge in [0.05, 0.1) is 42.6 Å². The molecule has 7 rings (SSSR count). The predicted molar refractivity (Wildman–Crippen MR) is 344 cm³/mol. The van der Waals surface area contributed by atoms with E-state index in [1.54, 1.807) is 0 Å². The van der Waals surface area contributed by atoms with E-state index < -0.39 is 0 Å². The van der Waals surface area contributed by atoms with Gasteiger partial charge in [-0.3, -0.25) is 0 Å². The first-order valence-corrected chi connectivity index (χ1v) is 32.8. The molecule has 0 amide bonds. The average molecular weight is 1090 g/mol. The van der Waals surface area contributed by atoms with Crippen LogP contribution in [-0.4, -0.2) is 44.7 Å². The van der Waals surface area contributed by atoms with E-state index in [0.29, 0.717) is 19.8 Å². The summed E-state index contributed by atoms with van der Waals surface area (Å²) in [4.78, 5) is 20.2. The molecule has 8 nitrogen and oxygen atoms in total. The fourth-order valence-corrected chi connectivity index (χ4v) is 11.0. The van der Waals surface area contributed by atoms with Crippen molar-refractivity contribution >= 4 is 45.9 Å². The maximum absolute atomic E-state index is 6.87. The molecule has 0 aliphatic carbocycles. The minimum atomic E-state index is 0.649. The lowest BCUT2D eigenvalue weighted by molar-refractivity contribution is 0.234. The molecule has 80 heavy (non-hydrogen) atoms. The van der Waals surface area contributed by atoms with Crippen molar-refractivity contribution in [3.63, 3.8) is 0 Å². The third-order valence-corrected chi connectivity index (χ3v) is 15.7. The Morgan fingerprint density at radius 3 is 1.09 bits per heavy atom. The van der Waals surface area contributed by atoms with Crippen LogP contribution in [0.2, 0.25) is 0 Å². The van der Waals surface area contributed by atoms with Gasteiger partial charge in [-0.15, -0.1) is 0 Å². The first-order chi connectivity index (χ1) is 39.6. The second-order valence-electron chi connectivity index (χ2n) is 23.0. The number of benzene rings is 1. The Balaban J connectivity index is 0.00000195. The van der Waals surface area contributed by atoms with Crippen LogP contribution in [0.25, 0.3) is 45.9 Å². The largest absolute Gasteiger partial charge is 0.490 e. The van der Waals surface area contributed by atoms with Crippen LogP contribution in [0, 0.1) is 0 Å². The van der Waals surface area contributed by atoms with Crippen molar-refractivity contribution in [1.82, 2.24) is 24.9 Å². The zero-order valence-electron chi connectivity index (χ0n) is 50.5. The van der Waals surface area contributed by atoms with E-state index in [0.717, 1.165) is 92.5 Å². The Labute approximate surface area is 485 Å². The molecule has 8 heteroatoms. The molecule has 8 bridgehead atoms. The van der Waals surface area contributed by atoms with Crippen molar-refractivity contribution in [3.05, 3.63) is 114 Å². The molecule has 0 saturated heterocycles. The Bertz CT molecular complexity index is 2540. The van der Waals surface area contributed by atoms with E-state index in [1.807, 2.05) is 24.5 Å². The summed E-state index contributed by atoms with van der Waals surface area (Å²) in [5.41, 5.74) is 9.61. The smallest absolute Gasteiger partial charge is 0.203 e. The maximum atomic E-state index is 6.87. The lowest BCUT2D eigenvalue weighted by Gasteiger charge is -2.19. The van der Waals surface area contributed by atoms with Crippen LogP contribution in [0.15, 0.2) is 85.2 Å². The summed E-state index contributed by atoms with van der Waals surface area (Å²) in [5.74, 6) is 2.30. The van der Waals surface area contributed by atoms with Gasteiger partial charge in [-0.25, -0.2) is 9.97 Å². The minimum absolute atomic E-state index is 0.649. The highest BCUT2D eigenvalue weighted by Gasteiger charge is 2.21. The zero-order valence-corrected chi connectivity index (χ0v) is 50.5. The molecule has 0 radical (unpaired) electrons. The summed E-state index contributed by atoms with van der Waals surface area (Å²) in [6.45, 7) is 8.85. The number of nitrogens with zero attached hydrogens (tertiary/aromatic N) is 2. The van der Waals surface area contributed by atoms with Crippen LogP contribution < -0.4 is 14.2 Å². The number of unbranched alkanes of at least 4 members (excludes halogenated alkanes) is 33. The van der Waals surface area contributed by atoms with Gasteiger partial charge in [0, 0.05) is 40.0 Å². The van der Waals surface area contributed by atoms with E-state index in [-0.39, 0.29) is 0 Å². The summed E-state index contributed by atoms with van der Waals surface area (Å²) in [7, 11) is 0. The van der Waals surface area contributed by atoms with Gasteiger partial charge in [0.15, 0.2) is 11.5 Å². The summed E-state index contributed by atoms with van der Waals surface area (Å²) < 4.78 is 20.6. The van der Waals surface area contributed by atoms with Gasteiger partial charge in [-0.2, -0.15) is 0 Å². The maximum Gasteiger partial charge on any atom is 0.203 e. The lowest BCUT2D eigenvalue weighted by atomic mass is 10.0. The van der Waals surface area contributed by atoms with Crippen molar-refractivity contribution in [2.75, 3.05) is 19.8 Å². The number of ether oxygens (including phenoxy) is 3. The van der Waals surface area contributed by atoms with E-state index in [9.17, 15) is 0 Å². The third kappa shape index (κ3) is 26.0. The molecular formula is C72H107N5O3. The van der Waals surface area contributed by atoms with Crippen LogP contribution >= 0.6 is 0 Å². The summed E-state index contributed by atoms with van der Waals surface area (Å²) in [6.07, 6.45) is 57.4. The molecule has 0 fully saturated rings. The number of H-pyrrole nitrogens is 3. The van der Waals surface area contributed by atoms with Gasteiger partial charge in [-0.1, -0.05) is 233 Å². The number of hydrogen-bond donors (Lipinski definition) is 3. The first-order valence-electron chi connectivity index (χ1n) is 32.8. The van der Waals surface area contributed by atoms with Crippen molar-refractivity contribution in [2.24, 2.45) is 0 Å². The van der Waals surface area contributed by atoms with Gasteiger partial charge in [-0.05, 0) is 116 Å². The lowest BCUT2D eigenvalue weighted by Crippen LogP contribution is -2.07. The molecule has 2 aliphatic rings. The molecule has 0 atom stereocenters. The first kappa shape index (κ1) is 63.7. The molecule has 5 aromatic rings. The van der Waals surface area contributed by atoms with Gasteiger partial charge < -0.3 is 29.2 Å². The normalized spacial score (nSPS) is 11.9. The Hall–Kier alpha value is -5.50. The molecule has 0 unspecified atom stereocenters. The Morgan fingerprint density at radius 1 is 0.350 bits per heavy atom. The molecule has 3 N–H and O–H groups in total. The molecular weight excluding hydrogens is 983 g/mol. The van der Waals surface area contributed by atoms with Crippen LogP contribution in [0.3, 0.4) is 0 Å². The summed E-state index contributed by atoms with van der Waals surface area (Å²) in [5, 5.41) is 0. The molecule has 6 heterocycles. The van der Waals surface area contributed by atoms with E-state index in [2.05, 4.69) is 115 Å². The fourth-order valence-electron chi connectivity index (χ4n) is 11.0. The minimum Gasteiger partial charge on any atom is -0.490 e. The number of fused-ring (bicyclic) bond motifs is 8. The van der Waals surface area contributed by atoms with E-state index >= 15 is 0 Å². The zero-order chi connectivity index (χ0) is 55.8. The molecule has 0 spiro atoms. The predicted octanol–water partition coefficient (Wildman–Crippen LogP) is 22.3. The van der Waals surface area contributed by atoms with Crippen LogP contribution in [-0.2, 0) is 0 Å². The van der Waals surface area contributed by atoms with Crippen LogP contribution in [0.1, 0.15) is 280 Å². The molecule has 2 aliphatic heterocycles. The third-order valence-electron chi connectivity index (χ3n) is 15.7. The van der Waals surface area contributed by atoms with E-state index in [1.165, 1.54) is 212 Å². The highest BCUT2D eigenvalue weighted by Crippen LogP contribution is 2.43. The van der Waals surface area contributed by atoms with Crippen LogP contribution in [0.4, 0.5) is 0 Å². The molecule has 1 aromatic carbocycles. The number of hydrogen-bond acceptors (Lipinski definition) is 5. The molecule has 4 aromatic heterocycles. The average Bonchev–Trinajstić information content (AvgIpc) is 4.36. The highest BCUT2D eigenvalue weighted by atomic mass is 16.5. The monoisotopic (exact) mass is 1090 g/mol. The molecule has 438 valence electrons. The Kier molecular flexibility index (Phi) is 32.3. The number of aromatic nitrogens is 5. The second kappa shape index (κ2) is 40.6. The molecule has 0 saturated carbocycles. The van der Waals surface area contributed by atoms with E-state index in [4.69, 9.17) is 24.2 Å². The second-order valence-corrected chi connectivity index (χ2v) is 23.0. The van der Waals surface area contributed by atoms with Crippen molar-refractivity contribution in [2.45, 2.75) is 252 Å². The summed E-state index contributed by atoms with van der Waals surface area (Å²) >= 11 is 0. The van der Waals surface area contributed by atoms with Crippen molar-refractivity contribution < 1.29 is 14.2 Å². The highest BCUT2D eigenvalue weighted by molar-refractivity contribution is 5.94.